The van der Waals surface area contributed by atoms with Crippen molar-refractivity contribution in [1.82, 2.24) is 14.9 Å². The number of hydrogen-bond donors (Lipinski definition) is 2. The first-order chi connectivity index (χ1) is 16.8. The summed E-state index contributed by atoms with van der Waals surface area (Å²) in [6.45, 7) is 3.82. The van der Waals surface area contributed by atoms with Gasteiger partial charge in [0.05, 0.1) is 6.10 Å². The highest BCUT2D eigenvalue weighted by Gasteiger charge is 2.49. The largest absolute Gasteiger partial charge is 0.490 e. The minimum Gasteiger partial charge on any atom is -0.490 e. The van der Waals surface area contributed by atoms with Crippen molar-refractivity contribution in [3.05, 3.63) is 60.9 Å². The number of carboxylic acids is 1. The number of hydrogen-bond acceptors (Lipinski definition) is 6. The molecule has 8 nitrogen and oxygen atoms in total. The van der Waals surface area contributed by atoms with E-state index in [1.165, 1.54) is 4.90 Å². The van der Waals surface area contributed by atoms with Crippen molar-refractivity contribution in [2.24, 2.45) is 5.92 Å². The number of rotatable bonds is 8. The Morgan fingerprint density at radius 3 is 2.37 bits per heavy atom. The summed E-state index contributed by atoms with van der Waals surface area (Å²) in [6, 6.07) is 15.0. The summed E-state index contributed by atoms with van der Waals surface area (Å²) in [6.07, 6.45) is 4.77. The van der Waals surface area contributed by atoms with Gasteiger partial charge in [-0.1, -0.05) is 50.2 Å². The number of anilines is 1. The van der Waals surface area contributed by atoms with Crippen LogP contribution in [0.4, 0.5) is 5.95 Å². The zero-order valence-corrected chi connectivity index (χ0v) is 20.3. The van der Waals surface area contributed by atoms with Crippen molar-refractivity contribution in [1.29, 1.82) is 0 Å². The monoisotopic (exact) mass is 476 g/mol. The molecule has 8 heteroatoms. The summed E-state index contributed by atoms with van der Waals surface area (Å²) >= 11 is 0. The van der Waals surface area contributed by atoms with Crippen molar-refractivity contribution in [2.75, 3.05) is 12.4 Å². The van der Waals surface area contributed by atoms with Gasteiger partial charge in [-0.2, -0.15) is 0 Å². The van der Waals surface area contributed by atoms with Crippen LogP contribution in [-0.4, -0.2) is 56.6 Å². The van der Waals surface area contributed by atoms with Gasteiger partial charge in [-0.15, -0.1) is 0 Å². The van der Waals surface area contributed by atoms with E-state index in [1.807, 2.05) is 56.3 Å². The number of nitrogens with one attached hydrogen (secondary N) is 1. The maximum atomic E-state index is 13.5. The van der Waals surface area contributed by atoms with Crippen LogP contribution in [0, 0.1) is 5.92 Å². The van der Waals surface area contributed by atoms with E-state index in [2.05, 4.69) is 15.3 Å². The van der Waals surface area contributed by atoms with Crippen molar-refractivity contribution >= 4 is 28.6 Å². The number of benzene rings is 2. The summed E-state index contributed by atoms with van der Waals surface area (Å²) in [5.41, 5.74) is -1.29. The van der Waals surface area contributed by atoms with Gasteiger partial charge in [0, 0.05) is 24.8 Å². The SMILES string of the molecule is CC(C)[C@H](Nc1ncccn1)C(=O)N(C)[C@]1(C(=O)O)CC[C@H](Oc2cccc3ccccc23)CC1. The van der Waals surface area contributed by atoms with E-state index in [-0.39, 0.29) is 17.9 Å². The lowest BCUT2D eigenvalue weighted by Gasteiger charge is -2.44. The zero-order valence-electron chi connectivity index (χ0n) is 20.3. The van der Waals surface area contributed by atoms with Crippen LogP contribution in [0.15, 0.2) is 60.9 Å². The number of carbonyl (C=O) groups is 2. The fraction of sp³-hybridized carbons (Fsp3) is 0.407. The Kier molecular flexibility index (Phi) is 7.19. The lowest BCUT2D eigenvalue weighted by Crippen LogP contribution is -2.61. The maximum Gasteiger partial charge on any atom is 0.329 e. The van der Waals surface area contributed by atoms with Gasteiger partial charge in [0.25, 0.3) is 0 Å². The van der Waals surface area contributed by atoms with E-state index in [0.717, 1.165) is 16.5 Å². The lowest BCUT2D eigenvalue weighted by atomic mass is 9.78. The van der Waals surface area contributed by atoms with E-state index in [9.17, 15) is 14.7 Å². The molecule has 2 aromatic carbocycles. The van der Waals surface area contributed by atoms with Crippen molar-refractivity contribution in [2.45, 2.75) is 57.2 Å². The number of ether oxygens (including phenoxy) is 1. The molecule has 1 amide bonds. The maximum absolute atomic E-state index is 13.5. The minimum atomic E-state index is -1.29. The van der Waals surface area contributed by atoms with Gasteiger partial charge in [0.2, 0.25) is 11.9 Å². The highest BCUT2D eigenvalue weighted by Crippen LogP contribution is 2.37. The third-order valence-electron chi connectivity index (χ3n) is 6.96. The van der Waals surface area contributed by atoms with Crippen molar-refractivity contribution in [3.63, 3.8) is 0 Å². The van der Waals surface area contributed by atoms with Crippen LogP contribution in [0.2, 0.25) is 0 Å². The Morgan fingerprint density at radius 2 is 1.71 bits per heavy atom. The average molecular weight is 477 g/mol. The fourth-order valence-electron chi connectivity index (χ4n) is 4.80. The second kappa shape index (κ2) is 10.3. The number of amides is 1. The molecule has 3 aromatic rings. The number of nitrogens with zero attached hydrogens (tertiary/aromatic N) is 3. The number of carbonyl (C=O) groups excluding carboxylic acids is 1. The Bertz CT molecular complexity index is 1170. The Labute approximate surface area is 205 Å². The van der Waals surface area contributed by atoms with Gasteiger partial charge in [0.1, 0.15) is 17.3 Å². The predicted molar refractivity (Wildman–Crippen MR) is 134 cm³/mol. The molecule has 1 aliphatic rings. The number of aromatic nitrogens is 2. The lowest BCUT2D eigenvalue weighted by molar-refractivity contribution is -0.162. The molecule has 1 atom stereocenters. The zero-order chi connectivity index (χ0) is 25.0. The minimum absolute atomic E-state index is 0.0920. The molecule has 0 saturated heterocycles. The number of carboxylic acid groups (broad SMARTS) is 1. The van der Waals surface area contributed by atoms with Crippen LogP contribution in [0.3, 0.4) is 0 Å². The quantitative estimate of drug-likeness (QED) is 0.497. The Balaban J connectivity index is 1.48. The molecule has 184 valence electrons. The van der Waals surface area contributed by atoms with E-state index < -0.39 is 17.6 Å². The molecule has 0 unspecified atom stereocenters. The molecule has 1 fully saturated rings. The number of aliphatic carboxylic acids is 1. The van der Waals surface area contributed by atoms with Crippen LogP contribution < -0.4 is 10.1 Å². The second-order valence-corrected chi connectivity index (χ2v) is 9.47. The van der Waals surface area contributed by atoms with Crippen LogP contribution >= 0.6 is 0 Å². The molecule has 0 radical (unpaired) electrons. The van der Waals surface area contributed by atoms with Gasteiger partial charge in [0.15, 0.2) is 0 Å². The molecule has 2 N–H and O–H groups in total. The third kappa shape index (κ3) is 5.06. The second-order valence-electron chi connectivity index (χ2n) is 9.47. The molecule has 4 rings (SSSR count). The first-order valence-electron chi connectivity index (χ1n) is 12.0. The summed E-state index contributed by atoms with van der Waals surface area (Å²) < 4.78 is 6.32. The molecule has 1 aliphatic carbocycles. The standard InChI is InChI=1S/C27H32N4O4/c1-18(2)23(30-26-28-16-7-17-29-26)24(32)31(3)27(25(33)34)14-12-20(13-15-27)35-22-11-6-9-19-8-4-5-10-21(19)22/h4-11,16-18,20,23H,12-15H2,1-3H3,(H,33,34)(H,28,29,30)/t20-,23-,27+/m0/s1. The molecule has 35 heavy (non-hydrogen) atoms. The number of likely N-dealkylation sites (N-methyl/N-ethyl adjacent to an activating group) is 1. The topological polar surface area (TPSA) is 105 Å². The molecule has 1 saturated carbocycles. The molecular weight excluding hydrogens is 444 g/mol. The molecule has 0 aliphatic heterocycles. The summed E-state index contributed by atoms with van der Waals surface area (Å²) in [4.78, 5) is 35.8. The highest BCUT2D eigenvalue weighted by molar-refractivity contribution is 5.91. The molecular formula is C27H32N4O4. The van der Waals surface area contributed by atoms with E-state index in [4.69, 9.17) is 4.74 Å². The van der Waals surface area contributed by atoms with Crippen LogP contribution in [-0.2, 0) is 9.59 Å². The predicted octanol–water partition coefficient (Wildman–Crippen LogP) is 4.37. The third-order valence-corrected chi connectivity index (χ3v) is 6.96. The molecule has 1 heterocycles. The van der Waals surface area contributed by atoms with E-state index >= 15 is 0 Å². The summed E-state index contributed by atoms with van der Waals surface area (Å²) in [7, 11) is 1.59. The first kappa shape index (κ1) is 24.4. The molecule has 1 aromatic heterocycles. The average Bonchev–Trinajstić information content (AvgIpc) is 2.87. The van der Waals surface area contributed by atoms with Crippen LogP contribution in [0.25, 0.3) is 10.8 Å². The Hall–Kier alpha value is -3.68. The molecule has 0 spiro atoms. The van der Waals surface area contributed by atoms with Gasteiger partial charge in [-0.05, 0) is 49.1 Å². The van der Waals surface area contributed by atoms with Gasteiger partial charge >= 0.3 is 5.97 Å². The Morgan fingerprint density at radius 1 is 1.06 bits per heavy atom. The van der Waals surface area contributed by atoms with E-state index in [1.54, 1.807) is 25.5 Å². The van der Waals surface area contributed by atoms with Gasteiger partial charge < -0.3 is 20.1 Å². The highest BCUT2D eigenvalue weighted by atomic mass is 16.5. The van der Waals surface area contributed by atoms with Crippen LogP contribution in [0.5, 0.6) is 5.75 Å². The summed E-state index contributed by atoms with van der Waals surface area (Å²) in [5.74, 6) is -0.235. The summed E-state index contributed by atoms with van der Waals surface area (Å²) in [5, 5.41) is 15.5. The van der Waals surface area contributed by atoms with Crippen molar-refractivity contribution < 1.29 is 19.4 Å². The van der Waals surface area contributed by atoms with Crippen LogP contribution in [0.1, 0.15) is 39.5 Å². The van der Waals surface area contributed by atoms with Gasteiger partial charge in [-0.25, -0.2) is 14.8 Å². The number of fused-ring (bicyclic) bond motifs is 1. The normalized spacial score (nSPS) is 20.9. The van der Waals surface area contributed by atoms with E-state index in [0.29, 0.717) is 31.6 Å². The molecule has 0 bridgehead atoms. The smallest absolute Gasteiger partial charge is 0.329 e. The van der Waals surface area contributed by atoms with Crippen molar-refractivity contribution in [3.8, 4) is 5.75 Å². The van der Waals surface area contributed by atoms with Gasteiger partial charge in [-0.3, -0.25) is 4.79 Å². The fourth-order valence-corrected chi connectivity index (χ4v) is 4.80. The first-order valence-corrected chi connectivity index (χ1v) is 12.0.